The molecule has 0 radical (unpaired) electrons. The summed E-state index contributed by atoms with van der Waals surface area (Å²) in [5.41, 5.74) is 3.01. The first-order chi connectivity index (χ1) is 14.4. The lowest BCUT2D eigenvalue weighted by molar-refractivity contribution is 0.111. The molecule has 0 bridgehead atoms. The molecule has 0 fully saturated rings. The van der Waals surface area contributed by atoms with Crippen LogP contribution in [0.1, 0.15) is 73.4 Å². The number of aromatic hydroxyl groups is 2. The monoisotopic (exact) mass is 436 g/mol. The molecule has 2 N–H and O–H groups in total. The van der Waals surface area contributed by atoms with Crippen LogP contribution in [0.25, 0.3) is 20.9 Å². The second kappa shape index (κ2) is 7.97. The van der Waals surface area contributed by atoms with Crippen LogP contribution in [0.2, 0.25) is 0 Å². The van der Waals surface area contributed by atoms with Crippen LogP contribution in [-0.4, -0.2) is 22.8 Å². The molecule has 0 unspecified atom stereocenters. The van der Waals surface area contributed by atoms with Gasteiger partial charge in [-0.25, -0.2) is 0 Å². The van der Waals surface area contributed by atoms with Gasteiger partial charge in [-0.2, -0.15) is 0 Å². The van der Waals surface area contributed by atoms with Gasteiger partial charge in [0, 0.05) is 20.9 Å². The topological polar surface area (TPSA) is 74.6 Å². The van der Waals surface area contributed by atoms with Crippen molar-refractivity contribution < 1.29 is 19.8 Å². The van der Waals surface area contributed by atoms with E-state index in [1.807, 2.05) is 65.8 Å². The summed E-state index contributed by atoms with van der Waals surface area (Å²) < 4.78 is 0. The van der Waals surface area contributed by atoms with Crippen molar-refractivity contribution in [3.63, 3.8) is 0 Å². The number of hydrogen-bond donors (Lipinski definition) is 2. The molecule has 0 aliphatic rings. The van der Waals surface area contributed by atoms with E-state index in [0.29, 0.717) is 23.7 Å². The predicted molar refractivity (Wildman–Crippen MR) is 127 cm³/mol. The SMILES string of the molecule is CC(C)(C)c1cc(-c2ccc(-c3cc(C=O)c(O)c(C(C)(C)C)c3)s2)cc(C=O)c1O. The van der Waals surface area contributed by atoms with Crippen molar-refractivity contribution in [1.29, 1.82) is 0 Å². The second-order valence-electron chi connectivity index (χ2n) is 9.82. The lowest BCUT2D eigenvalue weighted by Gasteiger charge is -2.22. The number of aldehydes is 2. The van der Waals surface area contributed by atoms with E-state index in [-0.39, 0.29) is 33.5 Å². The van der Waals surface area contributed by atoms with Gasteiger partial charge in [-0.1, -0.05) is 41.5 Å². The highest BCUT2D eigenvalue weighted by Crippen LogP contribution is 2.42. The molecule has 162 valence electrons. The zero-order valence-electron chi connectivity index (χ0n) is 18.7. The first-order valence-electron chi connectivity index (χ1n) is 10.1. The molecule has 3 aromatic rings. The van der Waals surface area contributed by atoms with Crippen molar-refractivity contribution in [1.82, 2.24) is 0 Å². The van der Waals surface area contributed by atoms with Gasteiger partial charge in [0.05, 0.1) is 11.1 Å². The zero-order chi connectivity index (χ0) is 23.1. The molecule has 31 heavy (non-hydrogen) atoms. The fourth-order valence-corrected chi connectivity index (χ4v) is 4.55. The van der Waals surface area contributed by atoms with Gasteiger partial charge in [0.1, 0.15) is 11.5 Å². The normalized spacial score (nSPS) is 12.1. The fourth-order valence-electron chi connectivity index (χ4n) is 3.57. The summed E-state index contributed by atoms with van der Waals surface area (Å²) >= 11 is 1.53. The number of hydrogen-bond acceptors (Lipinski definition) is 5. The van der Waals surface area contributed by atoms with E-state index in [2.05, 4.69) is 0 Å². The minimum absolute atomic E-state index is 0.0204. The van der Waals surface area contributed by atoms with Crippen LogP contribution in [0.15, 0.2) is 36.4 Å². The Hall–Kier alpha value is -2.92. The Labute approximate surface area is 187 Å². The minimum Gasteiger partial charge on any atom is -0.507 e. The maximum atomic E-state index is 11.5. The zero-order valence-corrected chi connectivity index (χ0v) is 19.6. The van der Waals surface area contributed by atoms with Gasteiger partial charge in [0.25, 0.3) is 0 Å². The molecule has 0 amide bonds. The Morgan fingerprint density at radius 3 is 1.32 bits per heavy atom. The van der Waals surface area contributed by atoms with Crippen molar-refractivity contribution in [3.8, 4) is 32.4 Å². The summed E-state index contributed by atoms with van der Waals surface area (Å²) in [7, 11) is 0. The Balaban J connectivity index is 2.15. The van der Waals surface area contributed by atoms with E-state index < -0.39 is 0 Å². The number of thiophene rings is 1. The summed E-state index contributed by atoms with van der Waals surface area (Å²) in [6.45, 7) is 12.0. The third kappa shape index (κ3) is 4.42. The maximum absolute atomic E-state index is 11.5. The van der Waals surface area contributed by atoms with Gasteiger partial charge in [-0.3, -0.25) is 9.59 Å². The van der Waals surface area contributed by atoms with Crippen molar-refractivity contribution >= 4 is 23.9 Å². The average molecular weight is 437 g/mol. The number of phenols is 2. The van der Waals surface area contributed by atoms with E-state index in [9.17, 15) is 19.8 Å². The second-order valence-corrected chi connectivity index (χ2v) is 10.9. The molecule has 4 nitrogen and oxygen atoms in total. The Morgan fingerprint density at radius 2 is 1.03 bits per heavy atom. The first kappa shape index (κ1) is 22.8. The van der Waals surface area contributed by atoms with Gasteiger partial charge in [0.2, 0.25) is 0 Å². The van der Waals surface area contributed by atoms with Crippen LogP contribution in [0.5, 0.6) is 11.5 Å². The van der Waals surface area contributed by atoms with E-state index in [0.717, 1.165) is 20.9 Å². The molecule has 0 saturated carbocycles. The molecule has 1 aromatic heterocycles. The number of phenolic OH excluding ortho intramolecular Hbond substituents is 2. The van der Waals surface area contributed by atoms with Gasteiger partial charge in [-0.15, -0.1) is 11.3 Å². The Morgan fingerprint density at radius 1 is 0.677 bits per heavy atom. The van der Waals surface area contributed by atoms with Gasteiger partial charge in [-0.05, 0) is 58.4 Å². The lowest BCUT2D eigenvalue weighted by Crippen LogP contribution is -2.12. The molecule has 3 rings (SSSR count). The van der Waals surface area contributed by atoms with Crippen molar-refractivity contribution in [2.24, 2.45) is 0 Å². The van der Waals surface area contributed by atoms with Crippen LogP contribution in [-0.2, 0) is 10.8 Å². The number of carbonyl (C=O) groups excluding carboxylic acids is 2. The molecule has 5 heteroatoms. The smallest absolute Gasteiger partial charge is 0.153 e. The van der Waals surface area contributed by atoms with E-state index in [1.165, 1.54) is 11.3 Å². The predicted octanol–water partition coefficient (Wildman–Crippen LogP) is 6.71. The number of benzene rings is 2. The molecular weight excluding hydrogens is 408 g/mol. The lowest BCUT2D eigenvalue weighted by atomic mass is 9.84. The van der Waals surface area contributed by atoms with E-state index >= 15 is 0 Å². The molecule has 0 saturated heterocycles. The van der Waals surface area contributed by atoms with Crippen LogP contribution in [0.3, 0.4) is 0 Å². The van der Waals surface area contributed by atoms with Gasteiger partial charge < -0.3 is 10.2 Å². The molecular formula is C26H28O4S. The summed E-state index contributed by atoms with van der Waals surface area (Å²) in [4.78, 5) is 25.0. The highest BCUT2D eigenvalue weighted by molar-refractivity contribution is 7.18. The highest BCUT2D eigenvalue weighted by atomic mass is 32.1. The molecule has 1 heterocycles. The Bertz CT molecular complexity index is 1070. The number of carbonyl (C=O) groups is 2. The van der Waals surface area contributed by atoms with Crippen LogP contribution < -0.4 is 0 Å². The fraction of sp³-hybridized carbons (Fsp3) is 0.308. The summed E-state index contributed by atoms with van der Waals surface area (Å²) in [5, 5.41) is 21.0. The molecule has 0 aliphatic heterocycles. The minimum atomic E-state index is -0.324. The molecule has 2 aromatic carbocycles. The van der Waals surface area contributed by atoms with Gasteiger partial charge >= 0.3 is 0 Å². The van der Waals surface area contributed by atoms with Crippen molar-refractivity contribution in [2.75, 3.05) is 0 Å². The third-order valence-corrected chi connectivity index (χ3v) is 6.51. The standard InChI is InChI=1S/C26H28O4S/c1-25(2,3)19-11-15(9-17(13-27)23(19)29)21-7-8-22(31-21)16-10-18(14-28)24(30)20(12-16)26(4,5)6/h7-14,29-30H,1-6H3. The average Bonchev–Trinajstić information content (AvgIpc) is 3.16. The van der Waals surface area contributed by atoms with Crippen LogP contribution >= 0.6 is 11.3 Å². The first-order valence-corrected chi connectivity index (χ1v) is 10.9. The van der Waals surface area contributed by atoms with Crippen LogP contribution in [0, 0.1) is 0 Å². The van der Waals surface area contributed by atoms with Crippen LogP contribution in [0.4, 0.5) is 0 Å². The summed E-state index contributed by atoms with van der Waals surface area (Å²) in [6.07, 6.45) is 1.35. The third-order valence-electron chi connectivity index (χ3n) is 5.32. The summed E-state index contributed by atoms with van der Waals surface area (Å²) in [5.74, 6) is 0.0408. The molecule has 0 spiro atoms. The van der Waals surface area contributed by atoms with E-state index in [1.54, 1.807) is 12.1 Å². The quantitative estimate of drug-likeness (QED) is 0.446. The molecule has 0 aliphatic carbocycles. The van der Waals surface area contributed by atoms with E-state index in [4.69, 9.17) is 0 Å². The highest BCUT2D eigenvalue weighted by Gasteiger charge is 2.24. The van der Waals surface area contributed by atoms with Crippen molar-refractivity contribution in [3.05, 3.63) is 58.7 Å². The largest absolute Gasteiger partial charge is 0.507 e. The van der Waals surface area contributed by atoms with Gasteiger partial charge in [0.15, 0.2) is 12.6 Å². The maximum Gasteiger partial charge on any atom is 0.153 e. The molecule has 0 atom stereocenters. The Kier molecular flexibility index (Phi) is 5.85. The summed E-state index contributed by atoms with van der Waals surface area (Å²) in [6, 6.07) is 11.2. The number of rotatable bonds is 4. The van der Waals surface area contributed by atoms with Crippen molar-refractivity contribution in [2.45, 2.75) is 52.4 Å².